The van der Waals surface area contributed by atoms with E-state index in [-0.39, 0.29) is 0 Å². The maximum atomic E-state index is 10.5. The van der Waals surface area contributed by atoms with Crippen molar-refractivity contribution in [2.45, 2.75) is 33.1 Å². The van der Waals surface area contributed by atoms with Crippen LogP contribution in [0.1, 0.15) is 19.3 Å². The summed E-state index contributed by atoms with van der Waals surface area (Å²) in [6, 6.07) is 0. The molecule has 0 aromatic carbocycles. The molecule has 0 aromatic rings. The van der Waals surface area contributed by atoms with Crippen LogP contribution >= 0.6 is 12.6 Å². The fourth-order valence-corrected chi connectivity index (χ4v) is 8.95. The molecule has 78 valence electrons. The molecule has 4 heteroatoms. The Kier molecular flexibility index (Phi) is 8.60. The van der Waals surface area contributed by atoms with E-state index in [1.54, 1.807) is 0 Å². The molecule has 0 bridgehead atoms. The van der Waals surface area contributed by atoms with Crippen molar-refractivity contribution in [1.29, 1.82) is 0 Å². The van der Waals surface area contributed by atoms with E-state index in [2.05, 4.69) is 17.6 Å². The van der Waals surface area contributed by atoms with E-state index in [0.29, 0.717) is 0 Å². The van der Waals surface area contributed by atoms with Gasteiger partial charge in [0.2, 0.25) is 0 Å². The SMILES string of the molecule is [CH3][Sn]([CH2]S)([CH2]C=O)[CH2]CCCCN. The average molecular weight is 310 g/mol. The number of thiol groups is 1. The third-order valence-corrected chi connectivity index (χ3v) is 17.5. The zero-order chi connectivity index (χ0) is 10.2. The van der Waals surface area contributed by atoms with E-state index in [9.17, 15) is 4.79 Å². The second-order valence-electron chi connectivity index (χ2n) is 3.94. The second-order valence-corrected chi connectivity index (χ2v) is 19.9. The average Bonchev–Trinajstić information content (AvgIpc) is 2.13. The summed E-state index contributed by atoms with van der Waals surface area (Å²) in [5.74, 6) is 0. The molecule has 0 aromatic heterocycles. The van der Waals surface area contributed by atoms with Gasteiger partial charge >= 0.3 is 91.2 Å². The summed E-state index contributed by atoms with van der Waals surface area (Å²) in [5.41, 5.74) is 5.42. The van der Waals surface area contributed by atoms with Crippen molar-refractivity contribution in [1.82, 2.24) is 0 Å². The summed E-state index contributed by atoms with van der Waals surface area (Å²) in [6.45, 7) is 0.792. The molecule has 0 heterocycles. The van der Waals surface area contributed by atoms with Gasteiger partial charge in [-0.25, -0.2) is 0 Å². The molecule has 0 aliphatic heterocycles. The number of rotatable bonds is 8. The van der Waals surface area contributed by atoms with E-state index in [1.165, 1.54) is 17.3 Å². The van der Waals surface area contributed by atoms with Gasteiger partial charge in [0.05, 0.1) is 0 Å². The molecule has 1 unspecified atom stereocenters. The van der Waals surface area contributed by atoms with Gasteiger partial charge < -0.3 is 0 Å². The molecule has 0 fully saturated rings. The molecular weight excluding hydrogens is 289 g/mol. The van der Waals surface area contributed by atoms with Crippen molar-refractivity contribution in [3.63, 3.8) is 0 Å². The maximum absolute atomic E-state index is 10.5. The summed E-state index contributed by atoms with van der Waals surface area (Å²) >= 11 is 2.33. The quantitative estimate of drug-likeness (QED) is 0.311. The Bertz CT molecular complexity index is 146. The Balaban J connectivity index is 3.63. The monoisotopic (exact) mass is 311 g/mol. The van der Waals surface area contributed by atoms with Crippen molar-refractivity contribution < 1.29 is 4.79 Å². The molecule has 13 heavy (non-hydrogen) atoms. The van der Waals surface area contributed by atoms with Crippen LogP contribution < -0.4 is 5.73 Å². The Labute approximate surface area is 90.9 Å². The van der Waals surface area contributed by atoms with Crippen LogP contribution in [0.3, 0.4) is 0 Å². The predicted octanol–water partition coefficient (Wildman–Crippen LogP) is 1.86. The minimum atomic E-state index is -2.04. The molecule has 2 N–H and O–H groups in total. The molecule has 2 nitrogen and oxygen atoms in total. The first-order valence-electron chi connectivity index (χ1n) is 4.93. The van der Waals surface area contributed by atoms with E-state index in [0.717, 1.165) is 27.5 Å². The number of nitrogens with two attached hydrogens (primary N) is 1. The van der Waals surface area contributed by atoms with Gasteiger partial charge in [0, 0.05) is 0 Å². The number of unbranched alkanes of at least 4 members (excludes halogenated alkanes) is 2. The Morgan fingerprint density at radius 1 is 1.38 bits per heavy atom. The molecule has 1 atom stereocenters. The van der Waals surface area contributed by atoms with Crippen LogP contribution in [-0.2, 0) is 4.79 Å². The molecule has 0 rings (SSSR count). The van der Waals surface area contributed by atoms with Crippen LogP contribution in [0.4, 0.5) is 0 Å². The molecule has 0 spiro atoms. The zero-order valence-corrected chi connectivity index (χ0v) is 12.2. The number of hydrogen-bond donors (Lipinski definition) is 2. The predicted molar refractivity (Wildman–Crippen MR) is 64.1 cm³/mol. The fourth-order valence-electron chi connectivity index (χ4n) is 1.32. The third-order valence-electron chi connectivity index (χ3n) is 2.44. The van der Waals surface area contributed by atoms with Crippen LogP contribution in [0, 0.1) is 0 Å². The van der Waals surface area contributed by atoms with Gasteiger partial charge in [-0.2, -0.15) is 0 Å². The zero-order valence-electron chi connectivity index (χ0n) is 8.46. The van der Waals surface area contributed by atoms with Crippen LogP contribution in [0.2, 0.25) is 13.8 Å². The third kappa shape index (κ3) is 6.80. The summed E-state index contributed by atoms with van der Waals surface area (Å²) in [4.78, 5) is 12.8. The first-order valence-corrected chi connectivity index (χ1v) is 14.5. The van der Waals surface area contributed by atoms with E-state index < -0.39 is 18.4 Å². The van der Waals surface area contributed by atoms with Crippen molar-refractivity contribution in [3.05, 3.63) is 0 Å². The van der Waals surface area contributed by atoms with Gasteiger partial charge in [0.1, 0.15) is 0 Å². The van der Waals surface area contributed by atoms with E-state index in [1.807, 2.05) is 0 Å². The molecule has 0 amide bonds. The summed E-state index contributed by atoms with van der Waals surface area (Å²) < 4.78 is 3.12. The minimum absolute atomic E-state index is 0.792. The Morgan fingerprint density at radius 3 is 2.54 bits per heavy atom. The number of carbonyl (C=O) groups excluding carboxylic acids is 1. The first-order chi connectivity index (χ1) is 6.18. The molecule has 0 aliphatic rings. The van der Waals surface area contributed by atoms with Crippen LogP contribution in [0.15, 0.2) is 0 Å². The van der Waals surface area contributed by atoms with Gasteiger partial charge in [-0.05, 0) is 0 Å². The summed E-state index contributed by atoms with van der Waals surface area (Å²) in [7, 11) is 0. The van der Waals surface area contributed by atoms with Gasteiger partial charge in [-0.3, -0.25) is 0 Å². The van der Waals surface area contributed by atoms with Gasteiger partial charge in [-0.1, -0.05) is 0 Å². The number of carbonyl (C=O) groups is 1. The molecule has 0 radical (unpaired) electrons. The Hall–Kier alpha value is 0.779. The first kappa shape index (κ1) is 13.8. The van der Waals surface area contributed by atoms with Gasteiger partial charge in [0.25, 0.3) is 0 Å². The molecular formula is C9H21NOSSn. The molecule has 0 saturated carbocycles. The number of hydrogen-bond acceptors (Lipinski definition) is 3. The van der Waals surface area contributed by atoms with Crippen molar-refractivity contribution in [2.75, 3.05) is 10.3 Å². The van der Waals surface area contributed by atoms with Crippen molar-refractivity contribution in [2.24, 2.45) is 5.73 Å². The molecule has 0 saturated heterocycles. The van der Waals surface area contributed by atoms with Crippen molar-refractivity contribution >= 4 is 37.3 Å². The summed E-state index contributed by atoms with van der Waals surface area (Å²) in [5, 5.41) is 0. The van der Waals surface area contributed by atoms with E-state index >= 15 is 0 Å². The topological polar surface area (TPSA) is 43.1 Å². The Morgan fingerprint density at radius 2 is 2.08 bits per heavy atom. The normalized spacial score (nSPS) is 15.3. The van der Waals surface area contributed by atoms with Crippen LogP contribution in [0.25, 0.3) is 0 Å². The van der Waals surface area contributed by atoms with Crippen LogP contribution in [0.5, 0.6) is 0 Å². The second kappa shape index (κ2) is 8.12. The van der Waals surface area contributed by atoms with Crippen LogP contribution in [-0.4, -0.2) is 35.0 Å². The van der Waals surface area contributed by atoms with E-state index in [4.69, 9.17) is 5.73 Å². The molecule has 0 aliphatic carbocycles. The van der Waals surface area contributed by atoms with Gasteiger partial charge in [0.15, 0.2) is 0 Å². The fraction of sp³-hybridized carbons (Fsp3) is 0.889. The number of aldehydes is 1. The van der Waals surface area contributed by atoms with Crippen molar-refractivity contribution in [3.8, 4) is 0 Å². The summed E-state index contributed by atoms with van der Waals surface area (Å²) in [6.07, 6.45) is 4.68. The van der Waals surface area contributed by atoms with Gasteiger partial charge in [-0.15, -0.1) is 0 Å². The standard InChI is InChI=1S/C5H12N.C2H3O.CH3S.CH3.Sn/c1-2-3-4-5-6;1-2-3;1-2;;/h1-6H2;2H,1H2;2H,1H2;1H3;.